The smallest absolute Gasteiger partial charge is 0.341 e. The molecule has 0 saturated heterocycles. The lowest BCUT2D eigenvalue weighted by Crippen LogP contribution is -2.18. The third-order valence-electron chi connectivity index (χ3n) is 6.79. The molecule has 10 heteroatoms. The molecule has 1 aliphatic carbocycles. The van der Waals surface area contributed by atoms with Gasteiger partial charge in [0.2, 0.25) is 5.91 Å². The average molecular weight is 569 g/mol. The molecule has 1 N–H and O–H groups in total. The Kier molecular flexibility index (Phi) is 9.50. The van der Waals surface area contributed by atoms with Crippen molar-refractivity contribution in [3.05, 3.63) is 63.8 Å². The second-order valence-corrected chi connectivity index (χ2v) is 11.9. The molecule has 0 radical (unpaired) electrons. The Morgan fingerprint density at radius 1 is 1.31 bits per heavy atom. The van der Waals surface area contributed by atoms with Gasteiger partial charge in [0.1, 0.15) is 10.8 Å². The third-order valence-corrected chi connectivity index (χ3v) is 8.93. The number of aryl methyl sites for hydroxylation is 2. The van der Waals surface area contributed by atoms with Gasteiger partial charge in [0.25, 0.3) is 0 Å². The van der Waals surface area contributed by atoms with E-state index in [0.29, 0.717) is 34.0 Å². The number of carbonyl (C=O) groups is 2. The van der Waals surface area contributed by atoms with E-state index >= 15 is 0 Å². The fraction of sp³-hybridized carbons (Fsp3) is 0.448. The van der Waals surface area contributed by atoms with Gasteiger partial charge in [-0.25, -0.2) is 4.79 Å². The zero-order chi connectivity index (χ0) is 28.1. The minimum atomic E-state index is -0.374. The fourth-order valence-electron chi connectivity index (χ4n) is 4.60. The van der Waals surface area contributed by atoms with Crippen LogP contribution in [-0.4, -0.2) is 39.0 Å². The van der Waals surface area contributed by atoms with Crippen molar-refractivity contribution in [3.63, 3.8) is 0 Å². The standard InChI is InChI=1S/C29H36N4O4S2/c1-7-13-33-26(20(6)37-21-11-10-18(4)19(5)15-21)31-32-29(33)38-16-24(34)30-27-25(28(35)36-8-2)22-12-9-17(3)14-23(22)39-27/h7,10-11,15,17,20H,1,8-9,12-14,16H2,2-6H3,(H,30,34). The molecular weight excluding hydrogens is 532 g/mol. The van der Waals surface area contributed by atoms with E-state index in [-0.39, 0.29) is 30.3 Å². The second-order valence-electron chi connectivity index (χ2n) is 9.86. The summed E-state index contributed by atoms with van der Waals surface area (Å²) in [5, 5.41) is 12.8. The Morgan fingerprint density at radius 3 is 2.82 bits per heavy atom. The van der Waals surface area contributed by atoms with Gasteiger partial charge in [-0.05, 0) is 81.7 Å². The van der Waals surface area contributed by atoms with E-state index in [0.717, 1.165) is 41.0 Å². The van der Waals surface area contributed by atoms with Crippen molar-refractivity contribution in [1.29, 1.82) is 0 Å². The van der Waals surface area contributed by atoms with E-state index in [2.05, 4.69) is 42.9 Å². The van der Waals surface area contributed by atoms with Crippen LogP contribution in [-0.2, 0) is 28.9 Å². The highest BCUT2D eigenvalue weighted by atomic mass is 32.2. The van der Waals surface area contributed by atoms with Crippen LogP contribution in [0.1, 0.15) is 71.0 Å². The quantitative estimate of drug-likeness (QED) is 0.164. The minimum Gasteiger partial charge on any atom is -0.483 e. The number of nitrogens with zero attached hydrogens (tertiary/aromatic N) is 3. The molecule has 2 aromatic heterocycles. The summed E-state index contributed by atoms with van der Waals surface area (Å²) in [4.78, 5) is 27.0. The Morgan fingerprint density at radius 2 is 2.10 bits per heavy atom. The van der Waals surface area contributed by atoms with E-state index in [1.54, 1.807) is 13.0 Å². The molecule has 0 bridgehead atoms. The SMILES string of the molecule is C=CCn1c(SCC(=O)Nc2sc3c(c2C(=O)OCC)CCC(C)C3)nnc1C(C)Oc1ccc(C)c(C)c1. The summed E-state index contributed by atoms with van der Waals surface area (Å²) in [6, 6.07) is 5.98. The van der Waals surface area contributed by atoms with E-state index in [9.17, 15) is 9.59 Å². The number of benzene rings is 1. The molecule has 1 amide bonds. The number of hydrogen-bond donors (Lipinski definition) is 1. The molecule has 3 aromatic rings. The number of ether oxygens (including phenoxy) is 2. The van der Waals surface area contributed by atoms with E-state index in [4.69, 9.17) is 9.47 Å². The minimum absolute atomic E-state index is 0.114. The van der Waals surface area contributed by atoms with Crippen LogP contribution in [0.15, 0.2) is 36.0 Å². The molecule has 39 heavy (non-hydrogen) atoms. The Hall–Kier alpha value is -3.11. The van der Waals surface area contributed by atoms with Gasteiger partial charge in [-0.2, -0.15) is 0 Å². The van der Waals surface area contributed by atoms with E-state index in [1.165, 1.54) is 28.7 Å². The topological polar surface area (TPSA) is 95.3 Å². The first-order valence-corrected chi connectivity index (χ1v) is 15.0. The summed E-state index contributed by atoms with van der Waals surface area (Å²) in [6.07, 6.45) is 4.17. The van der Waals surface area contributed by atoms with Crippen molar-refractivity contribution in [1.82, 2.24) is 14.8 Å². The number of amides is 1. The van der Waals surface area contributed by atoms with Crippen LogP contribution >= 0.6 is 23.1 Å². The first-order chi connectivity index (χ1) is 18.7. The van der Waals surface area contributed by atoms with E-state index < -0.39 is 0 Å². The first-order valence-electron chi connectivity index (χ1n) is 13.2. The normalized spacial score (nSPS) is 15.4. The molecule has 0 fully saturated rings. The molecule has 2 heterocycles. The van der Waals surface area contributed by atoms with Gasteiger partial charge in [-0.1, -0.05) is 30.8 Å². The lowest BCUT2D eigenvalue weighted by Gasteiger charge is -2.18. The molecule has 2 atom stereocenters. The maximum Gasteiger partial charge on any atom is 0.341 e. The lowest BCUT2D eigenvalue weighted by molar-refractivity contribution is -0.113. The number of anilines is 1. The summed E-state index contributed by atoms with van der Waals surface area (Å²) >= 11 is 2.77. The van der Waals surface area contributed by atoms with Crippen LogP contribution in [0.25, 0.3) is 0 Å². The molecule has 4 rings (SSSR count). The summed E-state index contributed by atoms with van der Waals surface area (Å²) < 4.78 is 13.4. The van der Waals surface area contributed by atoms with Gasteiger partial charge in [0, 0.05) is 11.4 Å². The highest BCUT2D eigenvalue weighted by Gasteiger charge is 2.29. The number of thiophene rings is 1. The highest BCUT2D eigenvalue weighted by molar-refractivity contribution is 7.99. The molecular formula is C29H36N4O4S2. The fourth-order valence-corrected chi connectivity index (χ4v) is 6.77. The Balaban J connectivity index is 1.46. The number of allylic oxidation sites excluding steroid dienone is 1. The average Bonchev–Trinajstić information content (AvgIpc) is 3.45. The van der Waals surface area contributed by atoms with Gasteiger partial charge in [-0.15, -0.1) is 28.1 Å². The van der Waals surface area contributed by atoms with Crippen molar-refractivity contribution < 1.29 is 19.1 Å². The van der Waals surface area contributed by atoms with E-state index in [1.807, 2.05) is 29.7 Å². The summed E-state index contributed by atoms with van der Waals surface area (Å²) in [5.41, 5.74) is 3.89. The van der Waals surface area contributed by atoms with Crippen molar-refractivity contribution in [2.75, 3.05) is 17.7 Å². The van der Waals surface area contributed by atoms with Gasteiger partial charge in [-0.3, -0.25) is 9.36 Å². The number of nitrogens with one attached hydrogen (secondary N) is 1. The second kappa shape index (κ2) is 12.8. The van der Waals surface area contributed by atoms with Crippen LogP contribution in [0.2, 0.25) is 0 Å². The zero-order valence-electron chi connectivity index (χ0n) is 23.2. The molecule has 8 nitrogen and oxygen atoms in total. The van der Waals surface area contributed by atoms with Gasteiger partial charge >= 0.3 is 5.97 Å². The van der Waals surface area contributed by atoms with Crippen LogP contribution in [0.5, 0.6) is 5.75 Å². The maximum atomic E-state index is 13.0. The van der Waals surface area contributed by atoms with Crippen molar-refractivity contribution in [3.8, 4) is 5.75 Å². The van der Waals surface area contributed by atoms with Crippen LogP contribution in [0, 0.1) is 19.8 Å². The lowest BCUT2D eigenvalue weighted by atomic mass is 9.88. The molecule has 0 aliphatic heterocycles. The summed E-state index contributed by atoms with van der Waals surface area (Å²) in [5.74, 6) is 1.49. The Labute approximate surface area is 238 Å². The predicted octanol–water partition coefficient (Wildman–Crippen LogP) is 6.31. The number of esters is 1. The van der Waals surface area contributed by atoms with Crippen molar-refractivity contribution >= 4 is 40.0 Å². The van der Waals surface area contributed by atoms with Gasteiger partial charge in [0.15, 0.2) is 17.1 Å². The van der Waals surface area contributed by atoms with Crippen LogP contribution < -0.4 is 10.1 Å². The number of aromatic nitrogens is 3. The van der Waals surface area contributed by atoms with Crippen molar-refractivity contribution in [2.45, 2.75) is 71.7 Å². The number of hydrogen-bond acceptors (Lipinski definition) is 8. The van der Waals surface area contributed by atoms with Crippen LogP contribution in [0.3, 0.4) is 0 Å². The summed E-state index contributed by atoms with van der Waals surface area (Å²) in [7, 11) is 0. The highest BCUT2D eigenvalue weighted by Crippen LogP contribution is 2.40. The predicted molar refractivity (Wildman–Crippen MR) is 156 cm³/mol. The molecule has 2 unspecified atom stereocenters. The molecule has 0 saturated carbocycles. The monoisotopic (exact) mass is 568 g/mol. The maximum absolute atomic E-state index is 13.0. The molecule has 1 aliphatic rings. The summed E-state index contributed by atoms with van der Waals surface area (Å²) in [6.45, 7) is 14.7. The largest absolute Gasteiger partial charge is 0.483 e. The van der Waals surface area contributed by atoms with Gasteiger partial charge in [0.05, 0.1) is 17.9 Å². The number of thioether (sulfide) groups is 1. The zero-order valence-corrected chi connectivity index (χ0v) is 24.8. The molecule has 208 valence electrons. The number of fused-ring (bicyclic) bond motifs is 1. The van der Waals surface area contributed by atoms with Crippen molar-refractivity contribution in [2.24, 2.45) is 5.92 Å². The Bertz CT molecular complexity index is 1360. The van der Waals surface area contributed by atoms with Crippen LogP contribution in [0.4, 0.5) is 5.00 Å². The number of rotatable bonds is 11. The first kappa shape index (κ1) is 28.9. The molecule has 1 aromatic carbocycles. The number of carbonyl (C=O) groups excluding carboxylic acids is 2. The third kappa shape index (κ3) is 6.73. The van der Waals surface area contributed by atoms with Gasteiger partial charge < -0.3 is 14.8 Å². The molecule has 0 spiro atoms.